The minimum absolute atomic E-state index is 0. The first-order valence-electron chi connectivity index (χ1n) is 4.14. The van der Waals surface area contributed by atoms with Crippen LogP contribution in [-0.2, 0) is 4.79 Å². The van der Waals surface area contributed by atoms with E-state index in [4.69, 9.17) is 10.4 Å². The van der Waals surface area contributed by atoms with Gasteiger partial charge in [-0.05, 0) is 5.56 Å². The van der Waals surface area contributed by atoms with Crippen molar-refractivity contribution < 1.29 is 14.8 Å². The van der Waals surface area contributed by atoms with Gasteiger partial charge in [-0.1, -0.05) is 12.1 Å². The van der Waals surface area contributed by atoms with Gasteiger partial charge in [-0.3, -0.25) is 10.1 Å². The van der Waals surface area contributed by atoms with E-state index in [0.29, 0.717) is 6.08 Å². The molecule has 0 fully saturated rings. The van der Waals surface area contributed by atoms with Crippen molar-refractivity contribution in [2.75, 3.05) is 0 Å². The van der Waals surface area contributed by atoms with E-state index in [9.17, 15) is 14.9 Å². The summed E-state index contributed by atoms with van der Waals surface area (Å²) in [6.45, 7) is 0. The molecule has 7 heteroatoms. The van der Waals surface area contributed by atoms with Crippen LogP contribution in [0.3, 0.4) is 0 Å². The molecule has 0 amide bonds. The van der Waals surface area contributed by atoms with Gasteiger partial charge in [-0.15, -0.1) is 0 Å². The summed E-state index contributed by atoms with van der Waals surface area (Å²) >= 11 is 0. The third kappa shape index (κ3) is 4.76. The van der Waals surface area contributed by atoms with Crippen LogP contribution in [-0.4, -0.2) is 67.4 Å². The van der Waals surface area contributed by atoms with Crippen molar-refractivity contribution in [2.24, 2.45) is 0 Å². The number of nitro benzene ring substituents is 1. The number of nitriles is 1. The van der Waals surface area contributed by atoms with Gasteiger partial charge in [0.25, 0.3) is 5.69 Å². The number of carboxylic acids is 1. The van der Waals surface area contributed by atoms with Crippen LogP contribution in [0.25, 0.3) is 5.57 Å². The fourth-order valence-electron chi connectivity index (χ4n) is 1.09. The Morgan fingerprint density at radius 2 is 2.18 bits per heavy atom. The van der Waals surface area contributed by atoms with Gasteiger partial charge in [-0.25, -0.2) is 4.79 Å². The van der Waals surface area contributed by atoms with Gasteiger partial charge in [0.05, 0.1) is 10.5 Å². The van der Waals surface area contributed by atoms with E-state index in [1.807, 2.05) is 0 Å². The number of carbonyl (C=O) groups is 1. The Bertz CT molecular complexity index is 519. The Morgan fingerprint density at radius 3 is 2.65 bits per heavy atom. The van der Waals surface area contributed by atoms with Crippen LogP contribution in [0.1, 0.15) is 5.56 Å². The van der Waals surface area contributed by atoms with Crippen molar-refractivity contribution >= 4 is 68.6 Å². The number of nitro groups is 1. The first kappa shape index (κ1) is 16.0. The minimum atomic E-state index is -1.27. The number of aliphatic carboxylic acids is 1. The number of rotatable bonds is 3. The van der Waals surface area contributed by atoms with Gasteiger partial charge in [-0.2, -0.15) is 5.26 Å². The molecule has 0 aliphatic heterocycles. The van der Waals surface area contributed by atoms with E-state index in [1.54, 1.807) is 6.07 Å². The van der Waals surface area contributed by atoms with E-state index < -0.39 is 10.9 Å². The van der Waals surface area contributed by atoms with E-state index >= 15 is 0 Å². The third-order valence-electron chi connectivity index (χ3n) is 1.76. The number of carboxylic acid groups (broad SMARTS) is 1. The number of benzene rings is 1. The van der Waals surface area contributed by atoms with E-state index in [0.717, 1.165) is 6.07 Å². The summed E-state index contributed by atoms with van der Waals surface area (Å²) in [6, 6.07) is 6.91. The van der Waals surface area contributed by atoms with Gasteiger partial charge < -0.3 is 5.11 Å². The molecule has 0 aliphatic carbocycles. The fourth-order valence-corrected chi connectivity index (χ4v) is 1.09. The molecular weight excluding hydrogens is 251 g/mol. The molecule has 1 N–H and O–H groups in total. The van der Waals surface area contributed by atoms with Crippen molar-refractivity contribution in [3.05, 3.63) is 46.0 Å². The first-order valence-corrected chi connectivity index (χ1v) is 4.14. The molecule has 0 atom stereocenters. The van der Waals surface area contributed by atoms with Crippen molar-refractivity contribution in [3.63, 3.8) is 0 Å². The molecule has 0 aliphatic rings. The van der Waals surface area contributed by atoms with Gasteiger partial charge in [0.15, 0.2) is 0 Å². The molecule has 1 aromatic rings. The van der Waals surface area contributed by atoms with E-state index in [-0.39, 0.29) is 68.2 Å². The van der Waals surface area contributed by atoms with Crippen molar-refractivity contribution in [1.29, 1.82) is 5.26 Å². The van der Waals surface area contributed by atoms with E-state index in [2.05, 4.69) is 0 Å². The molecule has 0 unspecified atom stereocenters. The Labute approximate surface area is 139 Å². The number of hydrogen-bond donors (Lipinski definition) is 1. The van der Waals surface area contributed by atoms with Crippen LogP contribution in [0.15, 0.2) is 30.3 Å². The van der Waals surface area contributed by atoms with Gasteiger partial charge in [0, 0.05) is 18.2 Å². The number of allylic oxidation sites excluding steroid dienone is 1. The predicted molar refractivity (Wildman–Crippen MR) is 61.5 cm³/mol. The summed E-state index contributed by atoms with van der Waals surface area (Å²) in [5.41, 5.74) is -0.112. The van der Waals surface area contributed by atoms with Crippen LogP contribution in [0.5, 0.6) is 0 Å². The Balaban J connectivity index is 0.00000256. The average molecular weight is 258 g/mol. The zero-order valence-electron chi connectivity index (χ0n) is 7.95. The summed E-state index contributed by atoms with van der Waals surface area (Å²) in [5.74, 6) is -1.27. The second kappa shape index (κ2) is 7.31. The third-order valence-corrected chi connectivity index (χ3v) is 1.76. The summed E-state index contributed by atoms with van der Waals surface area (Å²) in [5, 5.41) is 27.7. The quantitative estimate of drug-likeness (QED) is 0.285. The summed E-state index contributed by atoms with van der Waals surface area (Å²) in [7, 11) is 0. The molecular formula is C10H7KN2O4. The molecule has 1 aromatic carbocycles. The Kier molecular flexibility index (Phi) is 6.87. The van der Waals surface area contributed by atoms with Gasteiger partial charge in [0.2, 0.25) is 0 Å². The van der Waals surface area contributed by atoms with Crippen LogP contribution >= 0.6 is 0 Å². The van der Waals surface area contributed by atoms with Crippen LogP contribution in [0.2, 0.25) is 0 Å². The molecule has 0 spiro atoms. The predicted octanol–water partition coefficient (Wildman–Crippen LogP) is 0.938. The standard InChI is InChI=1S/C10H6N2O4.K.H/c11-6-8(5-10(13)14)7-2-1-3-9(4-7)12(15)16;;/h1-5H,(H,13,14);;. The van der Waals surface area contributed by atoms with Crippen molar-refractivity contribution in [3.8, 4) is 6.07 Å². The SMILES string of the molecule is N#CC(=CC(=O)O)c1cccc([N+](=O)[O-])c1.[KH]. The van der Waals surface area contributed by atoms with Gasteiger partial charge >= 0.3 is 57.4 Å². The molecule has 6 nitrogen and oxygen atoms in total. The Hall–Kier alpha value is -1.04. The molecule has 1 rings (SSSR count). The second-order valence-corrected chi connectivity index (χ2v) is 2.82. The molecule has 0 saturated heterocycles. The average Bonchev–Trinajstić information content (AvgIpc) is 2.25. The molecule has 82 valence electrons. The van der Waals surface area contributed by atoms with Gasteiger partial charge in [0.1, 0.15) is 6.07 Å². The molecule has 0 heterocycles. The number of nitrogens with zero attached hydrogens (tertiary/aromatic N) is 2. The maximum absolute atomic E-state index is 10.5. The number of non-ortho nitro benzene ring substituents is 1. The Morgan fingerprint density at radius 1 is 1.53 bits per heavy atom. The molecule has 0 bridgehead atoms. The van der Waals surface area contributed by atoms with E-state index in [1.165, 1.54) is 18.2 Å². The molecule has 17 heavy (non-hydrogen) atoms. The van der Waals surface area contributed by atoms with Crippen LogP contribution < -0.4 is 0 Å². The molecule has 0 aromatic heterocycles. The summed E-state index contributed by atoms with van der Waals surface area (Å²) in [4.78, 5) is 20.3. The monoisotopic (exact) mass is 258 g/mol. The fraction of sp³-hybridized carbons (Fsp3) is 0. The second-order valence-electron chi connectivity index (χ2n) is 2.82. The van der Waals surface area contributed by atoms with Crippen molar-refractivity contribution in [2.45, 2.75) is 0 Å². The normalized spacial score (nSPS) is 9.94. The topological polar surface area (TPSA) is 104 Å². The first-order chi connectivity index (χ1) is 7.54. The van der Waals surface area contributed by atoms with Crippen molar-refractivity contribution in [1.82, 2.24) is 0 Å². The zero-order chi connectivity index (χ0) is 12.1. The maximum atomic E-state index is 10.5. The summed E-state index contributed by atoms with van der Waals surface area (Å²) < 4.78 is 0. The summed E-state index contributed by atoms with van der Waals surface area (Å²) in [6.07, 6.45) is 0.707. The van der Waals surface area contributed by atoms with Crippen LogP contribution in [0, 0.1) is 21.4 Å². The number of hydrogen-bond acceptors (Lipinski definition) is 4. The zero-order valence-corrected chi connectivity index (χ0v) is 7.95. The molecule has 0 saturated carbocycles. The van der Waals surface area contributed by atoms with Crippen LogP contribution in [0.4, 0.5) is 5.69 Å². The molecule has 0 radical (unpaired) electrons.